The molecule has 0 atom stereocenters. The zero-order chi connectivity index (χ0) is 17.6. The molecule has 0 bridgehead atoms. The van der Waals surface area contributed by atoms with Gasteiger partial charge < -0.3 is 14.6 Å². The lowest BCUT2D eigenvalue weighted by atomic mass is 10.1. The van der Waals surface area contributed by atoms with Crippen molar-refractivity contribution in [3.05, 3.63) is 65.5 Å². The average Bonchev–Trinajstić information content (AvgIpc) is 3.09. The van der Waals surface area contributed by atoms with Crippen LogP contribution in [0.25, 0.3) is 11.4 Å². The first kappa shape index (κ1) is 16.7. The Morgan fingerprint density at radius 2 is 1.68 bits per heavy atom. The number of rotatable bonds is 6. The van der Waals surface area contributed by atoms with Gasteiger partial charge in [-0.1, -0.05) is 52.7 Å². The fraction of sp³-hybridized carbons (Fsp3) is 0.211. The summed E-state index contributed by atoms with van der Waals surface area (Å²) >= 11 is 0. The van der Waals surface area contributed by atoms with Gasteiger partial charge in [-0.05, 0) is 26.0 Å². The van der Waals surface area contributed by atoms with E-state index in [1.165, 1.54) is 0 Å². The number of aromatic nitrogens is 2. The lowest BCUT2D eigenvalue weighted by Gasteiger charge is -2.06. The standard InChI is InChI=1S/C19H19N3O3/c1-13-3-7-15(8-4-13)19-21-18(25-22-19)11-20-17(23)12-24-16-9-5-14(2)6-10-16/h3-10H,11-12H2,1-2H3,(H,20,23). The number of carbonyl (C=O) groups is 1. The summed E-state index contributed by atoms with van der Waals surface area (Å²) in [5.74, 6) is 1.25. The number of hydrogen-bond donors (Lipinski definition) is 1. The van der Waals surface area contributed by atoms with Crippen LogP contribution in [-0.2, 0) is 11.3 Å². The fourth-order valence-corrected chi connectivity index (χ4v) is 2.16. The summed E-state index contributed by atoms with van der Waals surface area (Å²) in [5.41, 5.74) is 3.17. The highest BCUT2D eigenvalue weighted by Crippen LogP contribution is 2.16. The molecule has 128 valence electrons. The molecule has 25 heavy (non-hydrogen) atoms. The van der Waals surface area contributed by atoms with Crippen LogP contribution in [0, 0.1) is 13.8 Å². The van der Waals surface area contributed by atoms with E-state index < -0.39 is 0 Å². The molecule has 1 aromatic heterocycles. The fourth-order valence-electron chi connectivity index (χ4n) is 2.16. The zero-order valence-electron chi connectivity index (χ0n) is 14.2. The maximum Gasteiger partial charge on any atom is 0.258 e. The molecule has 1 N–H and O–H groups in total. The minimum Gasteiger partial charge on any atom is -0.484 e. The molecule has 0 fully saturated rings. The molecule has 0 aliphatic carbocycles. The van der Waals surface area contributed by atoms with Gasteiger partial charge in [0.25, 0.3) is 5.91 Å². The predicted molar refractivity (Wildman–Crippen MR) is 93.0 cm³/mol. The molecule has 6 nitrogen and oxygen atoms in total. The van der Waals surface area contributed by atoms with E-state index in [-0.39, 0.29) is 19.1 Å². The third kappa shape index (κ3) is 4.67. The summed E-state index contributed by atoms with van der Waals surface area (Å²) in [4.78, 5) is 16.1. The molecule has 0 radical (unpaired) electrons. The minimum absolute atomic E-state index is 0.0674. The molecular weight excluding hydrogens is 318 g/mol. The Kier molecular flexibility index (Phi) is 5.09. The second-order valence-electron chi connectivity index (χ2n) is 5.76. The molecule has 0 saturated carbocycles. The largest absolute Gasteiger partial charge is 0.484 e. The van der Waals surface area contributed by atoms with Crippen LogP contribution in [-0.4, -0.2) is 22.7 Å². The van der Waals surface area contributed by atoms with Crippen LogP contribution >= 0.6 is 0 Å². The smallest absolute Gasteiger partial charge is 0.258 e. The number of aryl methyl sites for hydroxylation is 2. The molecule has 0 spiro atoms. The maximum atomic E-state index is 11.8. The van der Waals surface area contributed by atoms with E-state index in [0.717, 1.165) is 16.7 Å². The summed E-state index contributed by atoms with van der Waals surface area (Å²) < 4.78 is 10.6. The normalized spacial score (nSPS) is 10.5. The second-order valence-corrected chi connectivity index (χ2v) is 5.76. The van der Waals surface area contributed by atoms with Crippen molar-refractivity contribution in [1.82, 2.24) is 15.5 Å². The zero-order valence-corrected chi connectivity index (χ0v) is 14.2. The molecule has 0 aliphatic rings. The molecule has 0 saturated heterocycles. The number of benzene rings is 2. The topological polar surface area (TPSA) is 77.2 Å². The molecule has 0 aliphatic heterocycles. The molecule has 0 unspecified atom stereocenters. The van der Waals surface area contributed by atoms with Gasteiger partial charge in [-0.2, -0.15) is 4.98 Å². The summed E-state index contributed by atoms with van der Waals surface area (Å²) in [5, 5.41) is 6.62. The number of hydrogen-bond acceptors (Lipinski definition) is 5. The van der Waals surface area contributed by atoms with Crippen molar-refractivity contribution in [3.63, 3.8) is 0 Å². The van der Waals surface area contributed by atoms with Crippen molar-refractivity contribution >= 4 is 5.91 Å². The van der Waals surface area contributed by atoms with Crippen molar-refractivity contribution in [2.75, 3.05) is 6.61 Å². The van der Waals surface area contributed by atoms with Gasteiger partial charge in [-0.15, -0.1) is 0 Å². The van der Waals surface area contributed by atoms with Gasteiger partial charge in [0.2, 0.25) is 11.7 Å². The molecule has 6 heteroatoms. The van der Waals surface area contributed by atoms with E-state index in [1.54, 1.807) is 0 Å². The van der Waals surface area contributed by atoms with E-state index in [4.69, 9.17) is 9.26 Å². The molecular formula is C19H19N3O3. The Morgan fingerprint density at radius 3 is 2.36 bits per heavy atom. The molecule has 1 amide bonds. The lowest BCUT2D eigenvalue weighted by molar-refractivity contribution is -0.123. The van der Waals surface area contributed by atoms with E-state index in [1.807, 2.05) is 62.4 Å². The predicted octanol–water partition coefficient (Wildman–Crippen LogP) is 3.05. The molecule has 2 aromatic carbocycles. The van der Waals surface area contributed by atoms with Crippen LogP contribution in [0.5, 0.6) is 5.75 Å². The Hall–Kier alpha value is -3.15. The Bertz CT molecular complexity index is 839. The van der Waals surface area contributed by atoms with E-state index in [0.29, 0.717) is 17.5 Å². The van der Waals surface area contributed by atoms with Gasteiger partial charge in [-0.3, -0.25) is 4.79 Å². The number of nitrogens with one attached hydrogen (secondary N) is 1. The average molecular weight is 337 g/mol. The van der Waals surface area contributed by atoms with Crippen LogP contribution in [0.3, 0.4) is 0 Å². The minimum atomic E-state index is -0.254. The van der Waals surface area contributed by atoms with Crippen molar-refractivity contribution in [2.45, 2.75) is 20.4 Å². The SMILES string of the molecule is Cc1ccc(OCC(=O)NCc2nc(-c3ccc(C)cc3)no2)cc1. The van der Waals surface area contributed by atoms with Gasteiger partial charge in [0.15, 0.2) is 6.61 Å². The van der Waals surface area contributed by atoms with Gasteiger partial charge in [0.1, 0.15) is 5.75 Å². The Labute approximate surface area is 145 Å². The van der Waals surface area contributed by atoms with Crippen molar-refractivity contribution in [3.8, 4) is 17.1 Å². The number of nitrogens with zero attached hydrogens (tertiary/aromatic N) is 2. The second kappa shape index (κ2) is 7.61. The molecule has 1 heterocycles. The van der Waals surface area contributed by atoms with Gasteiger partial charge >= 0.3 is 0 Å². The monoisotopic (exact) mass is 337 g/mol. The van der Waals surface area contributed by atoms with Gasteiger partial charge in [-0.25, -0.2) is 0 Å². The molecule has 3 aromatic rings. The van der Waals surface area contributed by atoms with E-state index >= 15 is 0 Å². The van der Waals surface area contributed by atoms with Crippen LogP contribution in [0.4, 0.5) is 0 Å². The summed E-state index contributed by atoms with van der Waals surface area (Å²) in [7, 11) is 0. The number of ether oxygens (including phenoxy) is 1. The number of amides is 1. The van der Waals surface area contributed by atoms with Crippen LogP contribution in [0.1, 0.15) is 17.0 Å². The number of carbonyl (C=O) groups excluding carboxylic acids is 1. The first-order chi connectivity index (χ1) is 12.1. The maximum absolute atomic E-state index is 11.8. The van der Waals surface area contributed by atoms with E-state index in [9.17, 15) is 4.79 Å². The summed E-state index contributed by atoms with van der Waals surface area (Å²) in [6.07, 6.45) is 0. The quantitative estimate of drug-likeness (QED) is 0.748. The van der Waals surface area contributed by atoms with Crippen molar-refractivity contribution in [1.29, 1.82) is 0 Å². The van der Waals surface area contributed by atoms with E-state index in [2.05, 4.69) is 15.5 Å². The highest BCUT2D eigenvalue weighted by atomic mass is 16.5. The van der Waals surface area contributed by atoms with Crippen LogP contribution < -0.4 is 10.1 Å². The van der Waals surface area contributed by atoms with Crippen molar-refractivity contribution in [2.24, 2.45) is 0 Å². The molecule has 3 rings (SSSR count). The van der Waals surface area contributed by atoms with Gasteiger partial charge in [0, 0.05) is 5.56 Å². The third-order valence-electron chi connectivity index (χ3n) is 3.61. The lowest BCUT2D eigenvalue weighted by Crippen LogP contribution is -2.28. The highest BCUT2D eigenvalue weighted by Gasteiger charge is 2.10. The Balaban J connectivity index is 1.49. The Morgan fingerprint density at radius 1 is 1.04 bits per heavy atom. The summed E-state index contributed by atoms with van der Waals surface area (Å²) in [6.45, 7) is 4.10. The van der Waals surface area contributed by atoms with Crippen LogP contribution in [0.15, 0.2) is 53.1 Å². The highest BCUT2D eigenvalue weighted by molar-refractivity contribution is 5.77. The first-order valence-corrected chi connectivity index (χ1v) is 7.96. The first-order valence-electron chi connectivity index (χ1n) is 7.96. The van der Waals surface area contributed by atoms with Crippen LogP contribution in [0.2, 0.25) is 0 Å². The summed E-state index contributed by atoms with van der Waals surface area (Å²) in [6, 6.07) is 15.3. The van der Waals surface area contributed by atoms with Crippen molar-refractivity contribution < 1.29 is 14.1 Å². The third-order valence-corrected chi connectivity index (χ3v) is 3.61. The van der Waals surface area contributed by atoms with Gasteiger partial charge in [0.05, 0.1) is 6.54 Å².